The number of phenolic OH excluding ortho intramolecular Hbond substituents is 1. The van der Waals surface area contributed by atoms with E-state index < -0.39 is 48.9 Å². The van der Waals surface area contributed by atoms with Gasteiger partial charge in [0.15, 0.2) is 12.4 Å². The highest BCUT2D eigenvalue weighted by molar-refractivity contribution is 5.87. The average Bonchev–Trinajstić information content (AvgIpc) is 2.83. The van der Waals surface area contributed by atoms with E-state index in [-0.39, 0.29) is 12.4 Å². The third-order valence-corrected chi connectivity index (χ3v) is 5.58. The van der Waals surface area contributed by atoms with Crippen LogP contribution in [0.4, 0.5) is 0 Å². The maximum absolute atomic E-state index is 12.3. The lowest BCUT2D eigenvalue weighted by atomic mass is 9.96. The number of allylic oxidation sites excluding steroid dienone is 1. The first-order valence-electron chi connectivity index (χ1n) is 11.0. The van der Waals surface area contributed by atoms with E-state index >= 15 is 0 Å². The summed E-state index contributed by atoms with van der Waals surface area (Å²) in [7, 11) is 0. The zero-order valence-corrected chi connectivity index (χ0v) is 19.4. The number of aliphatic hydroxyl groups excluding tert-OH is 4. The molecule has 1 fully saturated rings. The Morgan fingerprint density at radius 2 is 1.88 bits per heavy atom. The minimum absolute atomic E-state index is 0.0509. The lowest BCUT2D eigenvalue weighted by molar-refractivity contribution is -0.320. The third-order valence-electron chi connectivity index (χ3n) is 5.58. The summed E-state index contributed by atoms with van der Waals surface area (Å²) in [6.07, 6.45) is 0.0980. The molecule has 0 bridgehead atoms. The first-order chi connectivity index (χ1) is 16.1. The Hall–Kier alpha value is -2.53. The van der Waals surface area contributed by atoms with Gasteiger partial charge in [0, 0.05) is 6.08 Å². The second kappa shape index (κ2) is 12.8. The molecule has 34 heavy (non-hydrogen) atoms. The molecule has 0 amide bonds. The average molecular weight is 479 g/mol. The topological polar surface area (TPSA) is 146 Å². The fourth-order valence-corrected chi connectivity index (χ4v) is 3.36. The van der Waals surface area contributed by atoms with E-state index in [0.717, 1.165) is 11.6 Å². The Morgan fingerprint density at radius 3 is 2.47 bits per heavy atom. The molecule has 0 radical (unpaired) electrons. The Kier molecular flexibility index (Phi) is 10.4. The summed E-state index contributed by atoms with van der Waals surface area (Å²) >= 11 is 0. The fourth-order valence-electron chi connectivity index (χ4n) is 3.36. The van der Waals surface area contributed by atoms with Crippen LogP contribution in [0.15, 0.2) is 54.6 Å². The highest BCUT2D eigenvalue weighted by atomic mass is 16.7. The van der Waals surface area contributed by atoms with E-state index in [1.165, 1.54) is 18.2 Å². The van der Waals surface area contributed by atoms with Crippen LogP contribution in [0.3, 0.4) is 0 Å². The van der Waals surface area contributed by atoms with Crippen LogP contribution >= 0.6 is 0 Å². The number of hydrogen-bond donors (Lipinski definition) is 5. The molecule has 9 nitrogen and oxygen atoms in total. The van der Waals surface area contributed by atoms with E-state index in [0.29, 0.717) is 18.4 Å². The van der Waals surface area contributed by atoms with Gasteiger partial charge in [-0.05, 0) is 50.5 Å². The van der Waals surface area contributed by atoms with Crippen molar-refractivity contribution in [1.29, 1.82) is 0 Å². The van der Waals surface area contributed by atoms with Crippen LogP contribution in [0.1, 0.15) is 32.3 Å². The fraction of sp³-hybridized carbons (Fsp3) is 0.480. The molecule has 1 heterocycles. The SMILES string of the molecule is C=C[C@](C)(CCC=C(C)CO)O[C@@H]1O[C@H](CO)[C@@H](OC(=O)C=Cc2ccc(O)cc2)[C@H](O)[C@H]1O. The Labute approximate surface area is 199 Å². The molecule has 0 saturated carbocycles. The Morgan fingerprint density at radius 1 is 1.21 bits per heavy atom. The van der Waals surface area contributed by atoms with Crippen molar-refractivity contribution in [2.75, 3.05) is 13.2 Å². The second-order valence-corrected chi connectivity index (χ2v) is 8.41. The van der Waals surface area contributed by atoms with Gasteiger partial charge in [-0.1, -0.05) is 29.9 Å². The van der Waals surface area contributed by atoms with Gasteiger partial charge in [-0.25, -0.2) is 4.79 Å². The number of esters is 1. The summed E-state index contributed by atoms with van der Waals surface area (Å²) in [5, 5.41) is 49.4. The zero-order valence-electron chi connectivity index (χ0n) is 19.4. The number of aromatic hydroxyl groups is 1. The Bertz CT molecular complexity index is 862. The minimum atomic E-state index is -1.58. The van der Waals surface area contributed by atoms with E-state index in [4.69, 9.17) is 19.3 Å². The summed E-state index contributed by atoms with van der Waals surface area (Å²) in [6, 6.07) is 6.11. The highest BCUT2D eigenvalue weighted by Gasteiger charge is 2.48. The van der Waals surface area contributed by atoms with Crippen molar-refractivity contribution in [2.24, 2.45) is 0 Å². The molecule has 0 aliphatic carbocycles. The lowest BCUT2D eigenvalue weighted by Gasteiger charge is -2.43. The number of carbonyl (C=O) groups excluding carboxylic acids is 1. The van der Waals surface area contributed by atoms with Crippen LogP contribution in [0.2, 0.25) is 0 Å². The van der Waals surface area contributed by atoms with Crippen molar-refractivity contribution < 1.29 is 44.5 Å². The van der Waals surface area contributed by atoms with Gasteiger partial charge in [-0.15, -0.1) is 6.58 Å². The number of benzene rings is 1. The second-order valence-electron chi connectivity index (χ2n) is 8.41. The van der Waals surface area contributed by atoms with Gasteiger partial charge in [0.1, 0.15) is 24.1 Å². The van der Waals surface area contributed by atoms with Crippen molar-refractivity contribution in [2.45, 2.75) is 63.0 Å². The van der Waals surface area contributed by atoms with Crippen molar-refractivity contribution in [3.63, 3.8) is 0 Å². The molecule has 9 heteroatoms. The maximum Gasteiger partial charge on any atom is 0.331 e. The molecule has 1 saturated heterocycles. The molecule has 2 rings (SSSR count). The monoisotopic (exact) mass is 478 g/mol. The molecule has 1 aromatic carbocycles. The van der Waals surface area contributed by atoms with Gasteiger partial charge >= 0.3 is 5.97 Å². The summed E-state index contributed by atoms with van der Waals surface area (Å²) in [5.41, 5.74) is 0.504. The van der Waals surface area contributed by atoms with Gasteiger partial charge < -0.3 is 39.7 Å². The van der Waals surface area contributed by atoms with Crippen molar-refractivity contribution in [3.8, 4) is 5.75 Å². The van der Waals surface area contributed by atoms with Crippen LogP contribution in [0.5, 0.6) is 5.75 Å². The van der Waals surface area contributed by atoms with Crippen LogP contribution in [-0.2, 0) is 19.0 Å². The normalized spacial score (nSPS) is 27.4. The number of rotatable bonds is 11. The molecule has 1 aliphatic heterocycles. The molecular weight excluding hydrogens is 444 g/mol. The van der Waals surface area contributed by atoms with Gasteiger partial charge in [0.25, 0.3) is 0 Å². The van der Waals surface area contributed by atoms with Gasteiger partial charge in [-0.3, -0.25) is 0 Å². The first kappa shape index (κ1) is 27.7. The van der Waals surface area contributed by atoms with Gasteiger partial charge in [0.05, 0.1) is 18.8 Å². The summed E-state index contributed by atoms with van der Waals surface area (Å²) in [5.74, 6) is -0.726. The van der Waals surface area contributed by atoms with Crippen LogP contribution in [-0.4, -0.2) is 81.0 Å². The van der Waals surface area contributed by atoms with E-state index in [9.17, 15) is 25.2 Å². The van der Waals surface area contributed by atoms with E-state index in [1.807, 2.05) is 6.08 Å². The largest absolute Gasteiger partial charge is 0.508 e. The summed E-state index contributed by atoms with van der Waals surface area (Å²) in [4.78, 5) is 12.3. The molecule has 1 aliphatic rings. The predicted octanol–water partition coefficient (Wildman–Crippen LogP) is 1.44. The van der Waals surface area contributed by atoms with Crippen LogP contribution in [0.25, 0.3) is 6.08 Å². The van der Waals surface area contributed by atoms with Crippen molar-refractivity contribution in [3.05, 3.63) is 60.2 Å². The number of ether oxygens (including phenoxy) is 3. The number of carbonyl (C=O) groups is 1. The van der Waals surface area contributed by atoms with Gasteiger partial charge in [-0.2, -0.15) is 0 Å². The smallest absolute Gasteiger partial charge is 0.331 e. The van der Waals surface area contributed by atoms with Gasteiger partial charge in [0.2, 0.25) is 0 Å². The summed E-state index contributed by atoms with van der Waals surface area (Å²) < 4.78 is 16.8. The molecule has 188 valence electrons. The summed E-state index contributed by atoms with van der Waals surface area (Å²) in [6.45, 7) is 6.66. The molecular formula is C25H34O9. The molecule has 0 spiro atoms. The predicted molar refractivity (Wildman–Crippen MR) is 125 cm³/mol. The van der Waals surface area contributed by atoms with E-state index in [2.05, 4.69) is 6.58 Å². The van der Waals surface area contributed by atoms with E-state index in [1.54, 1.807) is 32.1 Å². The quantitative estimate of drug-likeness (QED) is 0.181. The lowest BCUT2D eigenvalue weighted by Crippen LogP contribution is -2.61. The molecule has 0 unspecified atom stereocenters. The van der Waals surface area contributed by atoms with Crippen molar-refractivity contribution in [1.82, 2.24) is 0 Å². The number of hydrogen-bond acceptors (Lipinski definition) is 9. The van der Waals surface area contributed by atoms with Crippen LogP contribution in [0, 0.1) is 0 Å². The van der Waals surface area contributed by atoms with Crippen molar-refractivity contribution >= 4 is 12.0 Å². The zero-order chi connectivity index (χ0) is 25.3. The van der Waals surface area contributed by atoms with Crippen LogP contribution < -0.4 is 0 Å². The third kappa shape index (κ3) is 7.76. The molecule has 5 N–H and O–H groups in total. The minimum Gasteiger partial charge on any atom is -0.508 e. The number of phenols is 1. The standard InChI is InChI=1S/C25H34O9/c1-4-25(3,13-5-6-16(2)14-26)34-24-22(31)21(30)23(19(15-27)32-24)33-20(29)12-9-17-7-10-18(28)11-8-17/h4,6-12,19,21-24,26-28,30-31H,1,5,13-15H2,2-3H3/t19-,21-,22-,23-,24+,25-/m1/s1. The molecule has 1 aromatic rings. The maximum atomic E-state index is 12.3. The first-order valence-corrected chi connectivity index (χ1v) is 11.0. The Balaban J connectivity index is 2.04. The molecule has 6 atom stereocenters. The highest BCUT2D eigenvalue weighted by Crippen LogP contribution is 2.30. The molecule has 0 aromatic heterocycles. The number of aliphatic hydroxyl groups is 4.